The van der Waals surface area contributed by atoms with Crippen molar-refractivity contribution >= 4 is 24.8 Å². The van der Waals surface area contributed by atoms with Crippen LogP contribution in [-0.4, -0.2) is 52.2 Å². The number of likely N-dealkylation sites (tertiary alicyclic amines) is 2. The van der Waals surface area contributed by atoms with E-state index in [9.17, 15) is 0 Å². The van der Waals surface area contributed by atoms with Gasteiger partial charge >= 0.3 is 0 Å². The van der Waals surface area contributed by atoms with Gasteiger partial charge < -0.3 is 15.2 Å². The molecule has 0 spiro atoms. The third-order valence-corrected chi connectivity index (χ3v) is 4.20. The van der Waals surface area contributed by atoms with E-state index in [0.29, 0.717) is 18.5 Å². The summed E-state index contributed by atoms with van der Waals surface area (Å²) in [5.41, 5.74) is 5.49. The molecule has 0 radical (unpaired) electrons. The van der Waals surface area contributed by atoms with E-state index < -0.39 is 0 Å². The van der Waals surface area contributed by atoms with Crippen molar-refractivity contribution in [2.45, 2.75) is 44.8 Å². The van der Waals surface area contributed by atoms with Crippen LogP contribution in [0.2, 0.25) is 0 Å². The van der Waals surface area contributed by atoms with Gasteiger partial charge in [0.05, 0.1) is 13.1 Å². The van der Waals surface area contributed by atoms with E-state index in [1.165, 1.54) is 45.3 Å². The lowest BCUT2D eigenvalue weighted by Crippen LogP contribution is -2.39. The van der Waals surface area contributed by atoms with Gasteiger partial charge in [-0.05, 0) is 45.3 Å². The summed E-state index contributed by atoms with van der Waals surface area (Å²) in [5.74, 6) is 1.30. The summed E-state index contributed by atoms with van der Waals surface area (Å²) < 4.78 is 5.07. The van der Waals surface area contributed by atoms with Gasteiger partial charge in [0.1, 0.15) is 0 Å². The predicted molar refractivity (Wildman–Crippen MR) is 85.8 cm³/mol. The van der Waals surface area contributed by atoms with Crippen molar-refractivity contribution < 1.29 is 4.52 Å². The average molecular weight is 338 g/mol. The Bertz CT molecular complexity index is 411. The molecular weight excluding hydrogens is 313 g/mol. The average Bonchev–Trinajstić information content (AvgIpc) is 3.14. The maximum absolute atomic E-state index is 5.49. The summed E-state index contributed by atoms with van der Waals surface area (Å²) in [7, 11) is 0. The quantitative estimate of drug-likeness (QED) is 0.876. The summed E-state index contributed by atoms with van der Waals surface area (Å²) in [6.45, 7) is 5.99. The van der Waals surface area contributed by atoms with Crippen LogP contribution in [-0.2, 0) is 13.1 Å². The predicted octanol–water partition coefficient (Wildman–Crippen LogP) is 1.43. The van der Waals surface area contributed by atoms with Gasteiger partial charge in [-0.2, -0.15) is 4.98 Å². The highest BCUT2D eigenvalue weighted by Crippen LogP contribution is 2.21. The zero-order valence-electron chi connectivity index (χ0n) is 12.2. The first-order valence-corrected chi connectivity index (χ1v) is 7.33. The highest BCUT2D eigenvalue weighted by Gasteiger charge is 2.28. The number of nitrogens with two attached hydrogens (primary N) is 1. The van der Waals surface area contributed by atoms with Gasteiger partial charge in [-0.15, -0.1) is 24.8 Å². The Kier molecular flexibility index (Phi) is 7.90. The summed E-state index contributed by atoms with van der Waals surface area (Å²) in [5, 5.41) is 4.00. The van der Waals surface area contributed by atoms with Crippen LogP contribution in [0.5, 0.6) is 0 Å². The van der Waals surface area contributed by atoms with Crippen LogP contribution < -0.4 is 5.73 Å². The number of hydrogen-bond donors (Lipinski definition) is 1. The van der Waals surface area contributed by atoms with Crippen LogP contribution in [0, 0.1) is 0 Å². The molecule has 0 aromatic carbocycles. The molecule has 0 aliphatic carbocycles. The summed E-state index contributed by atoms with van der Waals surface area (Å²) >= 11 is 0. The molecule has 2 fully saturated rings. The molecule has 1 aromatic heterocycles. The molecule has 0 saturated carbocycles. The molecule has 6 nitrogen and oxygen atoms in total. The van der Waals surface area contributed by atoms with E-state index in [-0.39, 0.29) is 24.8 Å². The van der Waals surface area contributed by atoms with Gasteiger partial charge in [-0.3, -0.25) is 4.90 Å². The lowest BCUT2D eigenvalue weighted by atomic mass is 10.2. The van der Waals surface area contributed by atoms with Crippen molar-refractivity contribution in [3.8, 4) is 0 Å². The molecule has 3 rings (SSSR count). The number of halogens is 2. The molecular formula is C13H25Cl2N5O. The fraction of sp³-hybridized carbons (Fsp3) is 0.846. The number of nitrogens with zero attached hydrogens (tertiary/aromatic N) is 4. The fourth-order valence-corrected chi connectivity index (χ4v) is 3.19. The van der Waals surface area contributed by atoms with Crippen LogP contribution >= 0.6 is 24.8 Å². The summed E-state index contributed by atoms with van der Waals surface area (Å²) in [6, 6.07) is 0.651. The molecule has 2 N–H and O–H groups in total. The fourth-order valence-electron chi connectivity index (χ4n) is 3.19. The van der Waals surface area contributed by atoms with Gasteiger partial charge in [-0.1, -0.05) is 5.16 Å². The Morgan fingerprint density at radius 3 is 2.57 bits per heavy atom. The first kappa shape index (κ1) is 18.6. The van der Waals surface area contributed by atoms with Crippen molar-refractivity contribution in [2.75, 3.05) is 26.2 Å². The molecule has 0 amide bonds. The SMILES string of the molecule is Cl.Cl.NCc1nc(CN2CCCC2CN2CCCC2)no1. The Morgan fingerprint density at radius 1 is 1.14 bits per heavy atom. The first-order chi connectivity index (χ1) is 9.35. The van der Waals surface area contributed by atoms with Gasteiger partial charge in [0.2, 0.25) is 5.89 Å². The molecule has 1 unspecified atom stereocenters. The lowest BCUT2D eigenvalue weighted by molar-refractivity contribution is 0.180. The van der Waals surface area contributed by atoms with Crippen LogP contribution in [0.25, 0.3) is 0 Å². The zero-order chi connectivity index (χ0) is 13.1. The second-order valence-electron chi connectivity index (χ2n) is 5.58. The molecule has 0 bridgehead atoms. The van der Waals surface area contributed by atoms with E-state index in [4.69, 9.17) is 10.3 Å². The third-order valence-electron chi connectivity index (χ3n) is 4.20. The highest BCUT2D eigenvalue weighted by molar-refractivity contribution is 5.85. The molecule has 2 aliphatic rings. The standard InChI is InChI=1S/C13H23N5O.2ClH/c14-8-13-15-12(16-19-13)10-18-7-3-4-11(18)9-17-5-1-2-6-17;;/h11H,1-10,14H2;2*1H. The third kappa shape index (κ3) is 4.79. The van der Waals surface area contributed by atoms with Gasteiger partial charge in [0.15, 0.2) is 5.82 Å². The van der Waals surface area contributed by atoms with Crippen molar-refractivity contribution in [1.82, 2.24) is 19.9 Å². The van der Waals surface area contributed by atoms with Crippen molar-refractivity contribution in [1.29, 1.82) is 0 Å². The normalized spacial score (nSPS) is 23.0. The molecule has 2 aliphatic heterocycles. The second kappa shape index (κ2) is 8.90. The zero-order valence-corrected chi connectivity index (χ0v) is 13.9. The second-order valence-corrected chi connectivity index (χ2v) is 5.58. The molecule has 122 valence electrons. The Hall–Kier alpha value is -0.400. The van der Waals surface area contributed by atoms with Crippen molar-refractivity contribution in [2.24, 2.45) is 5.73 Å². The minimum absolute atomic E-state index is 0. The number of rotatable bonds is 5. The van der Waals surface area contributed by atoms with Gasteiger partial charge in [0.25, 0.3) is 0 Å². The Morgan fingerprint density at radius 2 is 1.90 bits per heavy atom. The van der Waals surface area contributed by atoms with E-state index in [1.807, 2.05) is 0 Å². The molecule has 21 heavy (non-hydrogen) atoms. The molecule has 8 heteroatoms. The first-order valence-electron chi connectivity index (χ1n) is 7.33. The minimum Gasteiger partial charge on any atom is -0.338 e. The monoisotopic (exact) mass is 337 g/mol. The largest absolute Gasteiger partial charge is 0.338 e. The van der Waals surface area contributed by atoms with Crippen LogP contribution in [0.15, 0.2) is 4.52 Å². The van der Waals surface area contributed by atoms with E-state index >= 15 is 0 Å². The molecule has 2 saturated heterocycles. The summed E-state index contributed by atoms with van der Waals surface area (Å²) in [6.07, 6.45) is 5.28. The smallest absolute Gasteiger partial charge is 0.240 e. The maximum Gasteiger partial charge on any atom is 0.240 e. The number of aromatic nitrogens is 2. The number of hydrogen-bond acceptors (Lipinski definition) is 6. The van der Waals surface area contributed by atoms with E-state index in [0.717, 1.165) is 18.9 Å². The Labute approximate surface area is 138 Å². The maximum atomic E-state index is 5.49. The molecule has 1 atom stereocenters. The topological polar surface area (TPSA) is 71.4 Å². The van der Waals surface area contributed by atoms with E-state index in [1.54, 1.807) is 0 Å². The molecule has 3 heterocycles. The van der Waals surface area contributed by atoms with Gasteiger partial charge in [0, 0.05) is 12.6 Å². The van der Waals surface area contributed by atoms with Crippen LogP contribution in [0.1, 0.15) is 37.4 Å². The molecule has 1 aromatic rings. The Balaban J connectivity index is 0.00000110. The minimum atomic E-state index is 0. The highest BCUT2D eigenvalue weighted by atomic mass is 35.5. The van der Waals surface area contributed by atoms with Gasteiger partial charge in [-0.25, -0.2) is 0 Å². The van der Waals surface area contributed by atoms with Crippen LogP contribution in [0.3, 0.4) is 0 Å². The van der Waals surface area contributed by atoms with Crippen molar-refractivity contribution in [3.63, 3.8) is 0 Å². The van der Waals surface area contributed by atoms with Crippen LogP contribution in [0.4, 0.5) is 0 Å². The van der Waals surface area contributed by atoms with Crippen molar-refractivity contribution in [3.05, 3.63) is 11.7 Å². The summed E-state index contributed by atoms with van der Waals surface area (Å²) in [4.78, 5) is 9.38. The lowest BCUT2D eigenvalue weighted by Gasteiger charge is -2.27. The van der Waals surface area contributed by atoms with E-state index in [2.05, 4.69) is 19.9 Å².